The lowest BCUT2D eigenvalue weighted by Crippen LogP contribution is -3.00. The van der Waals surface area contributed by atoms with Crippen molar-refractivity contribution in [3.05, 3.63) is 0 Å². The van der Waals surface area contributed by atoms with E-state index >= 15 is 0 Å². The van der Waals surface area contributed by atoms with Gasteiger partial charge in [0.05, 0.1) is 55.4 Å². The molecular formula is C14H35I2N3. The zero-order valence-corrected chi connectivity index (χ0v) is 18.4. The van der Waals surface area contributed by atoms with Crippen LogP contribution >= 0.6 is 0 Å². The van der Waals surface area contributed by atoms with Crippen molar-refractivity contribution in [3.63, 3.8) is 0 Å². The Morgan fingerprint density at radius 1 is 0.684 bits per heavy atom. The molecule has 0 aromatic rings. The molecule has 0 fully saturated rings. The molecule has 0 saturated heterocycles. The Morgan fingerprint density at radius 2 is 1.00 bits per heavy atom. The first-order valence-electron chi connectivity index (χ1n) is 6.97. The molecule has 0 rings (SSSR count). The van der Waals surface area contributed by atoms with Gasteiger partial charge in [-0.05, 0) is 6.54 Å². The molecule has 0 amide bonds. The third-order valence-electron chi connectivity index (χ3n) is 3.05. The Labute approximate surface area is 155 Å². The maximum atomic E-state index is 2.59. The zero-order chi connectivity index (χ0) is 13.5. The Kier molecular flexibility index (Phi) is 15.9. The number of nitrogens with zero attached hydrogens (tertiary/aromatic N) is 3. The van der Waals surface area contributed by atoms with E-state index in [2.05, 4.69) is 54.1 Å². The minimum atomic E-state index is 0. The van der Waals surface area contributed by atoms with E-state index in [1.807, 2.05) is 0 Å². The van der Waals surface area contributed by atoms with Crippen LogP contribution in [0, 0.1) is 0 Å². The maximum absolute atomic E-state index is 2.59. The van der Waals surface area contributed by atoms with Crippen LogP contribution in [0.25, 0.3) is 0 Å². The largest absolute Gasteiger partial charge is 1.00 e. The van der Waals surface area contributed by atoms with Crippen molar-refractivity contribution in [2.45, 2.75) is 19.8 Å². The van der Waals surface area contributed by atoms with Crippen molar-refractivity contribution in [3.8, 4) is 0 Å². The molecule has 0 saturated carbocycles. The van der Waals surface area contributed by atoms with E-state index in [9.17, 15) is 0 Å². The first-order valence-corrected chi connectivity index (χ1v) is 6.97. The van der Waals surface area contributed by atoms with Crippen molar-refractivity contribution in [1.29, 1.82) is 0 Å². The highest BCUT2D eigenvalue weighted by atomic mass is 127. The average Bonchev–Trinajstić information content (AvgIpc) is 2.11. The summed E-state index contributed by atoms with van der Waals surface area (Å²) in [5.41, 5.74) is 0. The summed E-state index contributed by atoms with van der Waals surface area (Å²) >= 11 is 0. The van der Waals surface area contributed by atoms with Gasteiger partial charge in [-0.3, -0.25) is 0 Å². The van der Waals surface area contributed by atoms with Gasteiger partial charge < -0.3 is 61.8 Å². The number of hydrogen-bond acceptors (Lipinski definition) is 1. The Bertz CT molecular complexity index is 178. The van der Waals surface area contributed by atoms with Gasteiger partial charge >= 0.3 is 0 Å². The van der Waals surface area contributed by atoms with Crippen molar-refractivity contribution >= 4 is 0 Å². The van der Waals surface area contributed by atoms with Crippen LogP contribution in [0.5, 0.6) is 0 Å². The van der Waals surface area contributed by atoms with Crippen LogP contribution in [-0.2, 0) is 0 Å². The highest BCUT2D eigenvalue weighted by Gasteiger charge is 2.11. The lowest BCUT2D eigenvalue weighted by molar-refractivity contribution is -0.870. The molecular weight excluding hydrogens is 464 g/mol. The van der Waals surface area contributed by atoms with Crippen molar-refractivity contribution < 1.29 is 56.9 Å². The van der Waals surface area contributed by atoms with Gasteiger partial charge in [-0.2, -0.15) is 0 Å². The minimum absolute atomic E-state index is 0. The van der Waals surface area contributed by atoms with Crippen LogP contribution in [0.1, 0.15) is 19.8 Å². The van der Waals surface area contributed by atoms with Gasteiger partial charge in [0.2, 0.25) is 0 Å². The topological polar surface area (TPSA) is 3.24 Å². The Hall–Kier alpha value is 1.34. The van der Waals surface area contributed by atoms with Crippen LogP contribution in [-0.4, -0.2) is 88.9 Å². The number of hydrogen-bond donors (Lipinski definition) is 0. The quantitative estimate of drug-likeness (QED) is 0.229. The molecule has 0 spiro atoms. The molecule has 0 aliphatic carbocycles. The lowest BCUT2D eigenvalue weighted by Gasteiger charge is -2.28. The van der Waals surface area contributed by atoms with Gasteiger partial charge in [0.15, 0.2) is 0 Å². The summed E-state index contributed by atoms with van der Waals surface area (Å²) in [6.07, 6.45) is 2.61. The molecule has 0 atom stereocenters. The highest BCUT2D eigenvalue weighted by Crippen LogP contribution is 2.00. The third kappa shape index (κ3) is 19.3. The van der Waals surface area contributed by atoms with E-state index in [1.54, 1.807) is 0 Å². The van der Waals surface area contributed by atoms with E-state index in [4.69, 9.17) is 0 Å². The fraction of sp³-hybridized carbons (Fsp3) is 1.00. The molecule has 0 bridgehead atoms. The van der Waals surface area contributed by atoms with Crippen LogP contribution < -0.4 is 48.0 Å². The van der Waals surface area contributed by atoms with Crippen molar-refractivity contribution in [2.24, 2.45) is 0 Å². The van der Waals surface area contributed by atoms with Crippen LogP contribution in [0.3, 0.4) is 0 Å². The molecule has 0 radical (unpaired) electrons. The number of rotatable bonds is 9. The molecule has 3 nitrogen and oxygen atoms in total. The molecule has 0 aliphatic rings. The first kappa shape index (κ1) is 25.3. The predicted octanol–water partition coefficient (Wildman–Crippen LogP) is -4.49. The molecule has 5 heteroatoms. The number of quaternary nitrogens is 2. The fourth-order valence-corrected chi connectivity index (χ4v) is 1.97. The van der Waals surface area contributed by atoms with Gasteiger partial charge in [0.1, 0.15) is 0 Å². The summed E-state index contributed by atoms with van der Waals surface area (Å²) in [6, 6.07) is 0. The molecule has 0 N–H and O–H groups in total. The standard InChI is InChI=1S/C14H35N3.2HI/c1-8-15(11-9-13-16(2,3)4)12-10-14-17(5,6)7;;/h8-14H2,1-7H3;2*1H/q+2;;/p-2. The van der Waals surface area contributed by atoms with E-state index in [-0.39, 0.29) is 48.0 Å². The summed E-state index contributed by atoms with van der Waals surface area (Å²) < 4.78 is 2.16. The second kappa shape index (κ2) is 11.9. The molecule has 0 unspecified atom stereocenters. The van der Waals surface area contributed by atoms with E-state index in [0.29, 0.717) is 0 Å². The summed E-state index contributed by atoms with van der Waals surface area (Å²) in [7, 11) is 13.6. The highest BCUT2D eigenvalue weighted by molar-refractivity contribution is 4.55. The van der Waals surface area contributed by atoms with Gasteiger partial charge in [-0.25, -0.2) is 0 Å². The van der Waals surface area contributed by atoms with Gasteiger partial charge in [-0.15, -0.1) is 0 Å². The smallest absolute Gasteiger partial charge is 0.0792 e. The van der Waals surface area contributed by atoms with Crippen LogP contribution in [0.4, 0.5) is 0 Å². The fourth-order valence-electron chi connectivity index (χ4n) is 1.97. The normalized spacial score (nSPS) is 12.0. The van der Waals surface area contributed by atoms with Crippen molar-refractivity contribution in [1.82, 2.24) is 4.90 Å². The molecule has 19 heavy (non-hydrogen) atoms. The second-order valence-electron chi connectivity index (χ2n) is 7.17. The van der Waals surface area contributed by atoms with Gasteiger partial charge in [0, 0.05) is 25.9 Å². The average molecular weight is 499 g/mol. The van der Waals surface area contributed by atoms with E-state index in [0.717, 1.165) is 8.97 Å². The molecule has 0 aliphatic heterocycles. The second-order valence-corrected chi connectivity index (χ2v) is 7.17. The Balaban J connectivity index is -0.00000128. The summed E-state index contributed by atoms with van der Waals surface area (Å²) in [6.45, 7) is 8.51. The minimum Gasteiger partial charge on any atom is -1.00 e. The molecule has 0 heterocycles. The molecule has 0 aromatic heterocycles. The predicted molar refractivity (Wildman–Crippen MR) is 77.1 cm³/mol. The monoisotopic (exact) mass is 499 g/mol. The summed E-state index contributed by atoms with van der Waals surface area (Å²) in [5.74, 6) is 0. The first-order chi connectivity index (χ1) is 7.64. The van der Waals surface area contributed by atoms with Crippen molar-refractivity contribution in [2.75, 3.05) is 75.0 Å². The zero-order valence-electron chi connectivity index (χ0n) is 14.0. The van der Waals surface area contributed by atoms with Gasteiger partial charge in [0.25, 0.3) is 0 Å². The van der Waals surface area contributed by atoms with E-state index in [1.165, 1.54) is 45.6 Å². The third-order valence-corrected chi connectivity index (χ3v) is 3.05. The maximum Gasteiger partial charge on any atom is 0.0792 e. The Morgan fingerprint density at radius 3 is 1.21 bits per heavy atom. The lowest BCUT2D eigenvalue weighted by atomic mass is 10.3. The summed E-state index contributed by atoms with van der Waals surface area (Å²) in [4.78, 5) is 2.59. The summed E-state index contributed by atoms with van der Waals surface area (Å²) in [5, 5.41) is 0. The SMILES string of the molecule is CCN(CCC[N+](C)(C)C)CCC[N+](C)(C)C.[I-].[I-]. The van der Waals surface area contributed by atoms with E-state index < -0.39 is 0 Å². The number of halogens is 2. The van der Waals surface area contributed by atoms with Crippen LogP contribution in [0.15, 0.2) is 0 Å². The van der Waals surface area contributed by atoms with Gasteiger partial charge in [-0.1, -0.05) is 6.92 Å². The molecule has 120 valence electrons. The van der Waals surface area contributed by atoms with Crippen LogP contribution in [0.2, 0.25) is 0 Å². The molecule has 0 aromatic carbocycles.